The first-order valence-corrected chi connectivity index (χ1v) is 5.26. The van der Waals surface area contributed by atoms with Gasteiger partial charge in [0.2, 0.25) is 5.91 Å². The van der Waals surface area contributed by atoms with E-state index in [1.54, 1.807) is 6.20 Å². The molecule has 1 aromatic rings. The van der Waals surface area contributed by atoms with Crippen LogP contribution < -0.4 is 5.32 Å². The van der Waals surface area contributed by atoms with Crippen molar-refractivity contribution in [2.75, 3.05) is 5.88 Å². The van der Waals surface area contributed by atoms with E-state index < -0.39 is 0 Å². The van der Waals surface area contributed by atoms with Crippen molar-refractivity contribution in [3.8, 4) is 0 Å². The van der Waals surface area contributed by atoms with Crippen LogP contribution in [-0.2, 0) is 11.3 Å². The summed E-state index contributed by atoms with van der Waals surface area (Å²) in [6.45, 7) is 0.483. The van der Waals surface area contributed by atoms with Gasteiger partial charge in [0.15, 0.2) is 0 Å². The van der Waals surface area contributed by atoms with E-state index in [1.807, 2.05) is 0 Å². The Kier molecular flexibility index (Phi) is 3.97. The van der Waals surface area contributed by atoms with Crippen molar-refractivity contribution >= 4 is 45.0 Å². The fraction of sp³-hybridized carbons (Fsp3) is 0.333. The maximum Gasteiger partial charge on any atom is 0.235 e. The molecule has 1 aromatic heterocycles. The molecule has 0 saturated carbocycles. The summed E-state index contributed by atoms with van der Waals surface area (Å²) < 4.78 is 4.85. The first-order chi connectivity index (χ1) is 5.74. The third-order valence-corrected chi connectivity index (χ3v) is 3.15. The Labute approximate surface area is 87.4 Å². The van der Waals surface area contributed by atoms with Gasteiger partial charge < -0.3 is 5.32 Å². The highest BCUT2D eigenvalue weighted by molar-refractivity contribution is 9.10. The van der Waals surface area contributed by atoms with Gasteiger partial charge >= 0.3 is 0 Å². The lowest BCUT2D eigenvalue weighted by molar-refractivity contribution is -0.118. The van der Waals surface area contributed by atoms with Gasteiger partial charge in [0.1, 0.15) is 5.88 Å². The predicted octanol–water partition coefficient (Wildman–Crippen LogP) is 1.76. The number of rotatable bonds is 3. The lowest BCUT2D eigenvalue weighted by Crippen LogP contribution is -2.23. The number of hydrogen-bond acceptors (Lipinski definition) is 3. The van der Waals surface area contributed by atoms with E-state index >= 15 is 0 Å². The van der Waals surface area contributed by atoms with Crippen molar-refractivity contribution in [3.05, 3.63) is 15.5 Å². The number of alkyl halides is 1. The summed E-state index contributed by atoms with van der Waals surface area (Å²) >= 11 is 9.95. The van der Waals surface area contributed by atoms with E-state index in [9.17, 15) is 4.79 Å². The Hall–Kier alpha value is -0.130. The second-order valence-corrected chi connectivity index (χ2v) is 4.02. The van der Waals surface area contributed by atoms with Gasteiger partial charge in [-0.3, -0.25) is 4.79 Å². The van der Waals surface area contributed by atoms with E-state index in [2.05, 4.69) is 25.6 Å². The molecule has 3 nitrogen and oxygen atoms in total. The van der Waals surface area contributed by atoms with Crippen LogP contribution in [0, 0.1) is 0 Å². The highest BCUT2D eigenvalue weighted by Gasteiger charge is 2.03. The molecule has 6 heteroatoms. The second kappa shape index (κ2) is 4.79. The summed E-state index contributed by atoms with van der Waals surface area (Å²) in [4.78, 5) is 11.7. The monoisotopic (exact) mass is 268 g/mol. The number of amides is 1. The Morgan fingerprint density at radius 2 is 2.58 bits per heavy atom. The van der Waals surface area contributed by atoms with Crippen LogP contribution in [-0.4, -0.2) is 16.2 Å². The number of carbonyl (C=O) groups is 1. The van der Waals surface area contributed by atoms with Crippen LogP contribution in [0.4, 0.5) is 0 Å². The zero-order valence-electron chi connectivity index (χ0n) is 6.01. The standard InChI is InChI=1S/C6H6BrClN2OS/c7-4-2-10-12-5(4)3-9-6(11)1-8/h2H,1,3H2,(H,9,11). The third-order valence-electron chi connectivity index (χ3n) is 1.16. The minimum absolute atomic E-state index is 0.00355. The molecule has 1 rings (SSSR count). The highest BCUT2D eigenvalue weighted by atomic mass is 79.9. The number of nitrogens with zero attached hydrogens (tertiary/aromatic N) is 1. The van der Waals surface area contributed by atoms with E-state index in [0.717, 1.165) is 9.35 Å². The zero-order chi connectivity index (χ0) is 8.97. The molecule has 12 heavy (non-hydrogen) atoms. The van der Waals surface area contributed by atoms with Crippen molar-refractivity contribution in [2.24, 2.45) is 0 Å². The van der Waals surface area contributed by atoms with Crippen LogP contribution in [0.3, 0.4) is 0 Å². The van der Waals surface area contributed by atoms with Crippen molar-refractivity contribution in [2.45, 2.75) is 6.54 Å². The average molecular weight is 270 g/mol. The lowest BCUT2D eigenvalue weighted by atomic mass is 10.5. The summed E-state index contributed by atoms with van der Waals surface area (Å²) in [5.74, 6) is -0.173. The maximum atomic E-state index is 10.7. The Balaban J connectivity index is 2.43. The first kappa shape index (κ1) is 9.95. The van der Waals surface area contributed by atoms with Crippen LogP contribution in [0.2, 0.25) is 0 Å². The van der Waals surface area contributed by atoms with Crippen molar-refractivity contribution in [1.29, 1.82) is 0 Å². The molecule has 0 unspecified atom stereocenters. The molecule has 0 aliphatic heterocycles. The highest BCUT2D eigenvalue weighted by Crippen LogP contribution is 2.19. The fourth-order valence-electron chi connectivity index (χ4n) is 0.595. The molecule has 0 aromatic carbocycles. The summed E-state index contributed by atoms with van der Waals surface area (Å²) in [5.41, 5.74) is 0. The molecular weight excluding hydrogens is 264 g/mol. The number of carbonyl (C=O) groups excluding carboxylic acids is 1. The molecule has 1 N–H and O–H groups in total. The van der Waals surface area contributed by atoms with Crippen molar-refractivity contribution in [1.82, 2.24) is 9.69 Å². The minimum atomic E-state index is -0.169. The van der Waals surface area contributed by atoms with Crippen LogP contribution in [0.1, 0.15) is 4.88 Å². The molecule has 0 bridgehead atoms. The number of hydrogen-bond donors (Lipinski definition) is 1. The average Bonchev–Trinajstić information content (AvgIpc) is 2.47. The normalized spacial score (nSPS) is 9.83. The molecule has 0 fully saturated rings. The van der Waals surface area contributed by atoms with E-state index in [-0.39, 0.29) is 11.8 Å². The topological polar surface area (TPSA) is 42.0 Å². The van der Waals surface area contributed by atoms with E-state index in [0.29, 0.717) is 6.54 Å². The van der Waals surface area contributed by atoms with Gasteiger partial charge in [0, 0.05) is 0 Å². The molecule has 1 amide bonds. The molecule has 0 atom stereocenters. The number of halogens is 2. The predicted molar refractivity (Wildman–Crippen MR) is 52.4 cm³/mol. The summed E-state index contributed by atoms with van der Waals surface area (Å²) in [7, 11) is 0. The van der Waals surface area contributed by atoms with Gasteiger partial charge in [0.05, 0.1) is 22.1 Å². The SMILES string of the molecule is O=C(CCl)NCc1sncc1Br. The molecule has 0 aliphatic carbocycles. The van der Waals surface area contributed by atoms with Crippen LogP contribution in [0.25, 0.3) is 0 Å². The summed E-state index contributed by atoms with van der Waals surface area (Å²) in [6, 6.07) is 0. The zero-order valence-corrected chi connectivity index (χ0v) is 9.17. The number of aromatic nitrogens is 1. The van der Waals surface area contributed by atoms with Crippen molar-refractivity contribution < 1.29 is 4.79 Å². The molecule has 0 spiro atoms. The lowest BCUT2D eigenvalue weighted by Gasteiger charge is -1.99. The molecular formula is C6H6BrClN2OS. The third kappa shape index (κ3) is 2.73. The van der Waals surface area contributed by atoms with Gasteiger partial charge in [-0.15, -0.1) is 11.6 Å². The molecule has 0 radical (unpaired) electrons. The van der Waals surface area contributed by atoms with Crippen LogP contribution in [0.15, 0.2) is 10.7 Å². The van der Waals surface area contributed by atoms with E-state index in [1.165, 1.54) is 11.5 Å². The quantitative estimate of drug-likeness (QED) is 0.850. The van der Waals surface area contributed by atoms with Gasteiger partial charge in [-0.05, 0) is 27.5 Å². The maximum absolute atomic E-state index is 10.7. The molecule has 0 saturated heterocycles. The van der Waals surface area contributed by atoms with Gasteiger partial charge in [0.25, 0.3) is 0 Å². The van der Waals surface area contributed by atoms with Crippen LogP contribution >= 0.6 is 39.1 Å². The van der Waals surface area contributed by atoms with Gasteiger partial charge in [-0.25, -0.2) is 0 Å². The smallest absolute Gasteiger partial charge is 0.235 e. The molecule has 0 aliphatic rings. The largest absolute Gasteiger partial charge is 0.350 e. The van der Waals surface area contributed by atoms with Crippen LogP contribution in [0.5, 0.6) is 0 Å². The second-order valence-electron chi connectivity index (χ2n) is 2.01. The minimum Gasteiger partial charge on any atom is -0.350 e. The Bertz CT molecular complexity index is 278. The fourth-order valence-corrected chi connectivity index (χ4v) is 1.85. The summed E-state index contributed by atoms with van der Waals surface area (Å²) in [5, 5.41) is 2.65. The summed E-state index contributed by atoms with van der Waals surface area (Å²) in [6.07, 6.45) is 1.70. The molecule has 1 heterocycles. The van der Waals surface area contributed by atoms with E-state index in [4.69, 9.17) is 11.6 Å². The molecule has 66 valence electrons. The van der Waals surface area contributed by atoms with Gasteiger partial charge in [-0.2, -0.15) is 4.37 Å². The Morgan fingerprint density at radius 1 is 1.83 bits per heavy atom. The van der Waals surface area contributed by atoms with Crippen molar-refractivity contribution in [3.63, 3.8) is 0 Å². The first-order valence-electron chi connectivity index (χ1n) is 3.15. The number of nitrogens with one attached hydrogen (secondary N) is 1. The van der Waals surface area contributed by atoms with Gasteiger partial charge in [-0.1, -0.05) is 0 Å². The Morgan fingerprint density at radius 3 is 3.08 bits per heavy atom.